The highest BCUT2D eigenvalue weighted by Gasteiger charge is 2.13. The quantitative estimate of drug-likeness (QED) is 0.614. The number of ether oxygens (including phenoxy) is 2. The van der Waals surface area contributed by atoms with Crippen molar-refractivity contribution in [3.63, 3.8) is 0 Å². The first-order chi connectivity index (χ1) is 7.63. The van der Waals surface area contributed by atoms with Crippen molar-refractivity contribution in [2.45, 2.75) is 20.1 Å². The summed E-state index contributed by atoms with van der Waals surface area (Å²) in [6.45, 7) is 4.95. The third kappa shape index (κ3) is 2.58. The first-order valence-corrected chi connectivity index (χ1v) is 5.37. The van der Waals surface area contributed by atoms with E-state index in [2.05, 4.69) is 11.8 Å². The lowest BCUT2D eigenvalue weighted by Crippen LogP contribution is -2.34. The molecule has 0 aliphatic rings. The molecule has 0 bridgehead atoms. The van der Waals surface area contributed by atoms with E-state index < -0.39 is 0 Å². The molecule has 0 aliphatic carbocycles. The maximum atomic E-state index is 5.78. The van der Waals surface area contributed by atoms with E-state index in [1.807, 2.05) is 25.1 Å². The van der Waals surface area contributed by atoms with Crippen LogP contribution in [0.4, 0.5) is 11.4 Å². The summed E-state index contributed by atoms with van der Waals surface area (Å²) >= 11 is 0. The lowest BCUT2D eigenvalue weighted by molar-refractivity contribution is 0.115. The van der Waals surface area contributed by atoms with Crippen LogP contribution in [0.1, 0.15) is 13.8 Å². The van der Waals surface area contributed by atoms with Crippen molar-refractivity contribution >= 4 is 11.4 Å². The fourth-order valence-electron chi connectivity index (χ4n) is 1.66. The molecule has 0 fully saturated rings. The summed E-state index contributed by atoms with van der Waals surface area (Å²) in [6.07, 6.45) is 0.0262. The zero-order chi connectivity index (χ0) is 12.1. The molecular weight excluding hydrogens is 204 g/mol. The molecule has 4 heteroatoms. The Morgan fingerprint density at radius 3 is 2.56 bits per heavy atom. The van der Waals surface area contributed by atoms with Crippen LogP contribution < -0.4 is 15.4 Å². The van der Waals surface area contributed by atoms with E-state index in [9.17, 15) is 0 Å². The van der Waals surface area contributed by atoms with E-state index in [-0.39, 0.29) is 6.23 Å². The predicted molar refractivity (Wildman–Crippen MR) is 66.9 cm³/mol. The van der Waals surface area contributed by atoms with Gasteiger partial charge in [-0.3, -0.25) is 0 Å². The minimum atomic E-state index is 0.0262. The minimum Gasteiger partial charge on any atom is -0.495 e. The molecule has 16 heavy (non-hydrogen) atoms. The Morgan fingerprint density at radius 2 is 2.06 bits per heavy atom. The topological polar surface area (TPSA) is 47.7 Å². The van der Waals surface area contributed by atoms with Crippen molar-refractivity contribution in [2.24, 2.45) is 0 Å². The fraction of sp³-hybridized carbons (Fsp3) is 0.500. The number of nitrogen functional groups attached to an aromatic ring is 1. The van der Waals surface area contributed by atoms with Crippen molar-refractivity contribution in [1.29, 1.82) is 0 Å². The van der Waals surface area contributed by atoms with Crippen LogP contribution >= 0.6 is 0 Å². The number of rotatable bonds is 5. The Hall–Kier alpha value is -1.42. The second-order valence-corrected chi connectivity index (χ2v) is 3.55. The minimum absolute atomic E-state index is 0.0262. The Labute approximate surface area is 96.9 Å². The molecule has 0 aliphatic heterocycles. The Kier molecular flexibility index (Phi) is 4.43. The molecule has 0 amide bonds. The van der Waals surface area contributed by atoms with Gasteiger partial charge in [-0.25, -0.2) is 0 Å². The molecule has 90 valence electrons. The highest BCUT2D eigenvalue weighted by atomic mass is 16.5. The Balaban J connectivity index is 3.01. The van der Waals surface area contributed by atoms with Crippen LogP contribution in [0.15, 0.2) is 18.2 Å². The lowest BCUT2D eigenvalue weighted by atomic mass is 10.2. The van der Waals surface area contributed by atoms with Crippen molar-refractivity contribution in [2.75, 3.05) is 31.4 Å². The summed E-state index contributed by atoms with van der Waals surface area (Å²) in [7, 11) is 3.31. The molecule has 0 radical (unpaired) electrons. The Morgan fingerprint density at radius 1 is 1.38 bits per heavy atom. The largest absolute Gasteiger partial charge is 0.495 e. The smallest absolute Gasteiger partial charge is 0.143 e. The normalized spacial score (nSPS) is 12.2. The molecule has 1 atom stereocenters. The van der Waals surface area contributed by atoms with Gasteiger partial charge in [0.25, 0.3) is 0 Å². The summed E-state index contributed by atoms with van der Waals surface area (Å²) in [4.78, 5) is 2.13. The van der Waals surface area contributed by atoms with Crippen LogP contribution in [0.25, 0.3) is 0 Å². The van der Waals surface area contributed by atoms with Crippen molar-refractivity contribution in [3.8, 4) is 5.75 Å². The maximum Gasteiger partial charge on any atom is 0.143 e. The molecule has 1 rings (SSSR count). The third-order valence-corrected chi connectivity index (χ3v) is 2.67. The second kappa shape index (κ2) is 5.61. The summed E-state index contributed by atoms with van der Waals surface area (Å²) < 4.78 is 10.5. The van der Waals surface area contributed by atoms with Gasteiger partial charge in [-0.05, 0) is 26.0 Å². The van der Waals surface area contributed by atoms with E-state index in [1.54, 1.807) is 14.2 Å². The molecular formula is C12H20N2O2. The number of nitrogens with two attached hydrogens (primary N) is 1. The zero-order valence-corrected chi connectivity index (χ0v) is 10.4. The van der Waals surface area contributed by atoms with Gasteiger partial charge < -0.3 is 20.1 Å². The predicted octanol–water partition coefficient (Wildman–Crippen LogP) is 2.10. The number of hydrogen-bond donors (Lipinski definition) is 1. The number of methoxy groups -OCH3 is 2. The third-order valence-electron chi connectivity index (χ3n) is 2.67. The van der Waals surface area contributed by atoms with E-state index in [0.29, 0.717) is 11.4 Å². The van der Waals surface area contributed by atoms with E-state index in [1.165, 1.54) is 0 Å². The van der Waals surface area contributed by atoms with Gasteiger partial charge in [0, 0.05) is 25.4 Å². The number of nitrogens with zero attached hydrogens (tertiary/aromatic N) is 1. The summed E-state index contributed by atoms with van der Waals surface area (Å²) in [5.41, 5.74) is 7.47. The van der Waals surface area contributed by atoms with Crippen molar-refractivity contribution in [3.05, 3.63) is 18.2 Å². The maximum absolute atomic E-state index is 5.78. The number of benzene rings is 1. The van der Waals surface area contributed by atoms with Gasteiger partial charge in [-0.1, -0.05) is 0 Å². The van der Waals surface area contributed by atoms with Gasteiger partial charge in [0.1, 0.15) is 12.0 Å². The molecule has 0 saturated carbocycles. The summed E-state index contributed by atoms with van der Waals surface area (Å²) in [5, 5.41) is 0. The van der Waals surface area contributed by atoms with Gasteiger partial charge in [0.2, 0.25) is 0 Å². The van der Waals surface area contributed by atoms with Crippen LogP contribution in [-0.4, -0.2) is 27.0 Å². The van der Waals surface area contributed by atoms with Gasteiger partial charge in [0.15, 0.2) is 0 Å². The van der Waals surface area contributed by atoms with E-state index >= 15 is 0 Å². The molecule has 0 aromatic heterocycles. The van der Waals surface area contributed by atoms with Gasteiger partial charge in [0.05, 0.1) is 12.8 Å². The molecule has 0 spiro atoms. The van der Waals surface area contributed by atoms with Gasteiger partial charge >= 0.3 is 0 Å². The van der Waals surface area contributed by atoms with Crippen LogP contribution in [-0.2, 0) is 4.74 Å². The van der Waals surface area contributed by atoms with Crippen molar-refractivity contribution < 1.29 is 9.47 Å². The summed E-state index contributed by atoms with van der Waals surface area (Å²) in [5.74, 6) is 0.694. The first-order valence-electron chi connectivity index (χ1n) is 5.37. The number of anilines is 2. The first kappa shape index (κ1) is 12.6. The second-order valence-electron chi connectivity index (χ2n) is 3.55. The SMILES string of the molecule is CCN(c1ccc(N)c(OC)c1)C(C)OC. The van der Waals surface area contributed by atoms with Gasteiger partial charge in [-0.2, -0.15) is 0 Å². The van der Waals surface area contributed by atoms with E-state index in [0.717, 1.165) is 12.2 Å². The monoisotopic (exact) mass is 224 g/mol. The average Bonchev–Trinajstić information content (AvgIpc) is 2.31. The van der Waals surface area contributed by atoms with Crippen molar-refractivity contribution in [1.82, 2.24) is 0 Å². The molecule has 0 heterocycles. The fourth-order valence-corrected chi connectivity index (χ4v) is 1.66. The summed E-state index contributed by atoms with van der Waals surface area (Å²) in [6, 6.07) is 5.74. The highest BCUT2D eigenvalue weighted by molar-refractivity contribution is 5.62. The number of hydrogen-bond acceptors (Lipinski definition) is 4. The molecule has 4 nitrogen and oxygen atoms in total. The Bertz CT molecular complexity index is 342. The van der Waals surface area contributed by atoms with Crippen LogP contribution in [0.5, 0.6) is 5.75 Å². The van der Waals surface area contributed by atoms with Crippen LogP contribution in [0.2, 0.25) is 0 Å². The molecule has 1 unspecified atom stereocenters. The van der Waals surface area contributed by atoms with Gasteiger partial charge in [-0.15, -0.1) is 0 Å². The lowest BCUT2D eigenvalue weighted by Gasteiger charge is -2.29. The average molecular weight is 224 g/mol. The molecule has 1 aromatic rings. The molecule has 0 saturated heterocycles. The standard InChI is InChI=1S/C12H20N2O2/c1-5-14(9(2)15-3)10-6-7-11(13)12(8-10)16-4/h6-9H,5,13H2,1-4H3. The van der Waals surface area contributed by atoms with Crippen LogP contribution in [0, 0.1) is 0 Å². The van der Waals surface area contributed by atoms with E-state index in [4.69, 9.17) is 15.2 Å². The molecule has 1 aromatic carbocycles. The van der Waals surface area contributed by atoms with Crippen LogP contribution in [0.3, 0.4) is 0 Å². The molecule has 2 N–H and O–H groups in total. The highest BCUT2D eigenvalue weighted by Crippen LogP contribution is 2.28. The zero-order valence-electron chi connectivity index (χ0n) is 10.4.